The number of hydrogen-bond donors (Lipinski definition) is 1. The summed E-state index contributed by atoms with van der Waals surface area (Å²) in [5.74, 6) is 0. The van der Waals surface area contributed by atoms with Crippen molar-refractivity contribution in [2.24, 2.45) is 5.73 Å². The fourth-order valence-electron chi connectivity index (χ4n) is 3.68. The molecule has 2 aromatic rings. The molecule has 1 aliphatic carbocycles. The van der Waals surface area contributed by atoms with E-state index in [1.54, 1.807) is 0 Å². The Morgan fingerprint density at radius 3 is 2.35 bits per heavy atom. The number of aryl methyl sites for hydroxylation is 3. The van der Waals surface area contributed by atoms with Gasteiger partial charge in [0, 0.05) is 18.2 Å². The lowest BCUT2D eigenvalue weighted by molar-refractivity contribution is 0.504. The Morgan fingerprint density at radius 2 is 1.74 bits per heavy atom. The van der Waals surface area contributed by atoms with Gasteiger partial charge in [-0.15, -0.1) is 0 Å². The van der Waals surface area contributed by atoms with E-state index in [0.29, 0.717) is 12.6 Å². The molecule has 1 heterocycles. The minimum absolute atomic E-state index is 0.104. The van der Waals surface area contributed by atoms with Crippen LogP contribution >= 0.6 is 0 Å². The number of rotatable bonds is 3. The Balaban J connectivity index is 2.25. The average Bonchev–Trinajstić information content (AvgIpc) is 3.04. The number of nitrogens with two attached hydrogens (primary N) is 1. The molecule has 23 heavy (non-hydrogen) atoms. The van der Waals surface area contributed by atoms with Gasteiger partial charge in [-0.25, -0.2) is 0 Å². The molecule has 0 bridgehead atoms. The maximum atomic E-state index is 13.0. The van der Waals surface area contributed by atoms with E-state index in [0.717, 1.165) is 35.2 Å². The zero-order valence-electron chi connectivity index (χ0n) is 14.4. The van der Waals surface area contributed by atoms with E-state index in [2.05, 4.69) is 38.1 Å². The summed E-state index contributed by atoms with van der Waals surface area (Å²) in [4.78, 5) is 13.0. The summed E-state index contributed by atoms with van der Waals surface area (Å²) in [7, 11) is 0. The third kappa shape index (κ3) is 2.86. The van der Waals surface area contributed by atoms with Crippen LogP contribution in [0.5, 0.6) is 0 Å². The molecule has 1 fully saturated rings. The minimum Gasteiger partial charge on any atom is -0.326 e. The fourth-order valence-corrected chi connectivity index (χ4v) is 3.68. The van der Waals surface area contributed by atoms with Crippen LogP contribution in [-0.2, 0) is 6.54 Å². The van der Waals surface area contributed by atoms with Crippen LogP contribution in [0.4, 0.5) is 0 Å². The number of benzene rings is 1. The van der Waals surface area contributed by atoms with Gasteiger partial charge in [-0.05, 0) is 68.0 Å². The van der Waals surface area contributed by atoms with Crippen LogP contribution in [0.3, 0.4) is 0 Å². The first-order valence-corrected chi connectivity index (χ1v) is 8.55. The van der Waals surface area contributed by atoms with E-state index in [1.165, 1.54) is 24.0 Å². The third-order valence-electron chi connectivity index (χ3n) is 5.26. The predicted octanol–water partition coefficient (Wildman–Crippen LogP) is 4.01. The van der Waals surface area contributed by atoms with Gasteiger partial charge in [-0.3, -0.25) is 4.79 Å². The average molecular weight is 310 g/mol. The molecule has 3 nitrogen and oxygen atoms in total. The van der Waals surface area contributed by atoms with Crippen LogP contribution in [0.2, 0.25) is 0 Å². The topological polar surface area (TPSA) is 48.0 Å². The molecule has 0 aliphatic heterocycles. The maximum Gasteiger partial charge on any atom is 0.256 e. The van der Waals surface area contributed by atoms with Crippen LogP contribution in [-0.4, -0.2) is 4.57 Å². The Bertz CT molecular complexity index is 783. The van der Waals surface area contributed by atoms with Gasteiger partial charge in [0.25, 0.3) is 5.56 Å². The third-order valence-corrected chi connectivity index (χ3v) is 5.26. The lowest BCUT2D eigenvalue weighted by Crippen LogP contribution is -2.30. The Labute approximate surface area is 138 Å². The normalized spacial score (nSPS) is 15.3. The zero-order chi connectivity index (χ0) is 16.6. The van der Waals surface area contributed by atoms with E-state index in [-0.39, 0.29) is 5.56 Å². The van der Waals surface area contributed by atoms with Gasteiger partial charge in [0.15, 0.2) is 0 Å². The summed E-state index contributed by atoms with van der Waals surface area (Å²) in [6.45, 7) is 6.54. The summed E-state index contributed by atoms with van der Waals surface area (Å²) in [5, 5.41) is 0. The van der Waals surface area contributed by atoms with Crippen molar-refractivity contribution in [1.82, 2.24) is 4.57 Å². The molecule has 1 aromatic carbocycles. The van der Waals surface area contributed by atoms with E-state index < -0.39 is 0 Å². The molecule has 1 saturated carbocycles. The molecule has 122 valence electrons. The SMILES string of the molecule is Cc1ccc(-c2cc(C)c(CN)c(=O)n2C2CCCC2)cc1C. The molecule has 0 unspecified atom stereocenters. The van der Waals surface area contributed by atoms with Gasteiger partial charge in [0.2, 0.25) is 0 Å². The molecule has 0 saturated heterocycles. The summed E-state index contributed by atoms with van der Waals surface area (Å²) in [5.41, 5.74) is 12.4. The van der Waals surface area contributed by atoms with Gasteiger partial charge >= 0.3 is 0 Å². The van der Waals surface area contributed by atoms with Crippen molar-refractivity contribution < 1.29 is 0 Å². The highest BCUT2D eigenvalue weighted by atomic mass is 16.1. The Kier molecular flexibility index (Phi) is 4.40. The van der Waals surface area contributed by atoms with Crippen molar-refractivity contribution in [2.45, 2.75) is 59.0 Å². The highest BCUT2D eigenvalue weighted by molar-refractivity contribution is 5.63. The van der Waals surface area contributed by atoms with Gasteiger partial charge in [-0.2, -0.15) is 0 Å². The van der Waals surface area contributed by atoms with Crippen LogP contribution in [0.15, 0.2) is 29.1 Å². The first-order chi connectivity index (χ1) is 11.0. The minimum atomic E-state index is 0.104. The molecule has 3 rings (SSSR count). The van der Waals surface area contributed by atoms with Crippen molar-refractivity contribution >= 4 is 0 Å². The van der Waals surface area contributed by atoms with Crippen molar-refractivity contribution in [3.8, 4) is 11.3 Å². The highest BCUT2D eigenvalue weighted by Crippen LogP contribution is 2.33. The van der Waals surface area contributed by atoms with Crippen molar-refractivity contribution in [2.75, 3.05) is 0 Å². The Morgan fingerprint density at radius 1 is 1.04 bits per heavy atom. The first kappa shape index (κ1) is 16.0. The van der Waals surface area contributed by atoms with E-state index in [9.17, 15) is 4.79 Å². The number of pyridine rings is 1. The van der Waals surface area contributed by atoms with Gasteiger partial charge in [0.05, 0.1) is 5.69 Å². The highest BCUT2D eigenvalue weighted by Gasteiger charge is 2.23. The van der Waals surface area contributed by atoms with Gasteiger partial charge in [0.1, 0.15) is 0 Å². The number of aromatic nitrogens is 1. The largest absolute Gasteiger partial charge is 0.326 e. The first-order valence-electron chi connectivity index (χ1n) is 8.55. The zero-order valence-corrected chi connectivity index (χ0v) is 14.4. The maximum absolute atomic E-state index is 13.0. The second-order valence-electron chi connectivity index (χ2n) is 6.81. The molecular formula is C20H26N2O. The molecule has 3 heteroatoms. The molecule has 0 atom stereocenters. The summed E-state index contributed by atoms with van der Waals surface area (Å²) < 4.78 is 2.02. The molecule has 0 radical (unpaired) electrons. The van der Waals surface area contributed by atoms with Crippen LogP contribution in [0, 0.1) is 20.8 Å². The molecular weight excluding hydrogens is 284 g/mol. The molecule has 2 N–H and O–H groups in total. The second kappa shape index (κ2) is 6.32. The van der Waals surface area contributed by atoms with Crippen LogP contribution < -0.4 is 11.3 Å². The summed E-state index contributed by atoms with van der Waals surface area (Å²) in [6, 6.07) is 8.91. The van der Waals surface area contributed by atoms with E-state index in [1.807, 2.05) is 11.5 Å². The van der Waals surface area contributed by atoms with E-state index >= 15 is 0 Å². The van der Waals surface area contributed by atoms with Gasteiger partial charge in [-0.1, -0.05) is 25.0 Å². The summed E-state index contributed by atoms with van der Waals surface area (Å²) in [6.07, 6.45) is 4.58. The predicted molar refractivity (Wildman–Crippen MR) is 95.7 cm³/mol. The molecule has 0 amide bonds. The quantitative estimate of drug-likeness (QED) is 0.931. The smallest absolute Gasteiger partial charge is 0.256 e. The van der Waals surface area contributed by atoms with Crippen molar-refractivity contribution in [3.63, 3.8) is 0 Å². The fraction of sp³-hybridized carbons (Fsp3) is 0.450. The standard InChI is InChI=1S/C20H26N2O/c1-13-8-9-16(10-14(13)2)19-11-15(3)18(12-21)20(23)22(19)17-6-4-5-7-17/h8-11,17H,4-7,12,21H2,1-3H3. The molecule has 0 spiro atoms. The van der Waals surface area contributed by atoms with Crippen LogP contribution in [0.25, 0.3) is 11.3 Å². The number of hydrogen-bond acceptors (Lipinski definition) is 2. The van der Waals surface area contributed by atoms with Crippen LogP contribution in [0.1, 0.15) is 54.0 Å². The lowest BCUT2D eigenvalue weighted by atomic mass is 10.00. The Hall–Kier alpha value is -1.87. The molecule has 1 aromatic heterocycles. The van der Waals surface area contributed by atoms with Gasteiger partial charge < -0.3 is 10.3 Å². The monoisotopic (exact) mass is 310 g/mol. The van der Waals surface area contributed by atoms with Crippen molar-refractivity contribution in [3.05, 3.63) is 56.9 Å². The lowest BCUT2D eigenvalue weighted by Gasteiger charge is -2.22. The van der Waals surface area contributed by atoms with E-state index in [4.69, 9.17) is 5.73 Å². The van der Waals surface area contributed by atoms with Crippen molar-refractivity contribution in [1.29, 1.82) is 0 Å². The second-order valence-corrected chi connectivity index (χ2v) is 6.81. The number of nitrogens with zero attached hydrogens (tertiary/aromatic N) is 1. The summed E-state index contributed by atoms with van der Waals surface area (Å²) >= 11 is 0. The molecule has 1 aliphatic rings.